The summed E-state index contributed by atoms with van der Waals surface area (Å²) in [6.07, 6.45) is 0. The van der Waals surface area contributed by atoms with E-state index < -0.39 is 0 Å². The van der Waals surface area contributed by atoms with Gasteiger partial charge in [-0.2, -0.15) is 4.98 Å². The largest absolute Gasteiger partial charge is 0.333 e. The van der Waals surface area contributed by atoms with Crippen LogP contribution in [-0.4, -0.2) is 10.1 Å². The Kier molecular flexibility index (Phi) is 3.77. The molecule has 0 fully saturated rings. The maximum atomic E-state index is 6.44. The summed E-state index contributed by atoms with van der Waals surface area (Å²) in [7, 11) is 0. The van der Waals surface area contributed by atoms with Gasteiger partial charge in [0, 0.05) is 20.7 Å². The first-order valence-electron chi connectivity index (χ1n) is 6.60. The molecular formula is C16H7Cl3N2OS. The Bertz CT molecular complexity index is 1030. The molecule has 0 N–H and O–H groups in total. The highest BCUT2D eigenvalue weighted by atomic mass is 35.5. The molecule has 4 rings (SSSR count). The summed E-state index contributed by atoms with van der Waals surface area (Å²) in [6, 6.07) is 13.0. The highest BCUT2D eigenvalue weighted by molar-refractivity contribution is 7.23. The van der Waals surface area contributed by atoms with Crippen molar-refractivity contribution in [2.45, 2.75) is 0 Å². The van der Waals surface area contributed by atoms with Gasteiger partial charge in [0.15, 0.2) is 0 Å². The fourth-order valence-corrected chi connectivity index (χ4v) is 4.17. The average molecular weight is 382 g/mol. The highest BCUT2D eigenvalue weighted by Crippen LogP contribution is 2.41. The van der Waals surface area contributed by atoms with Gasteiger partial charge in [-0.25, -0.2) is 0 Å². The zero-order chi connectivity index (χ0) is 16.0. The molecule has 0 aliphatic carbocycles. The molecule has 4 aromatic rings. The number of rotatable bonds is 2. The summed E-state index contributed by atoms with van der Waals surface area (Å²) in [4.78, 5) is 5.16. The summed E-state index contributed by atoms with van der Waals surface area (Å²) in [5, 5.41) is 6.60. The molecule has 0 atom stereocenters. The molecule has 114 valence electrons. The Morgan fingerprint density at radius 3 is 2.61 bits per heavy atom. The quantitative estimate of drug-likeness (QED) is 0.394. The second kappa shape index (κ2) is 5.80. The summed E-state index contributed by atoms with van der Waals surface area (Å²) < 4.78 is 6.44. The van der Waals surface area contributed by atoms with Gasteiger partial charge in [0.1, 0.15) is 4.88 Å². The van der Waals surface area contributed by atoms with E-state index >= 15 is 0 Å². The summed E-state index contributed by atoms with van der Waals surface area (Å²) >= 11 is 20.0. The van der Waals surface area contributed by atoms with Crippen molar-refractivity contribution in [3.63, 3.8) is 0 Å². The summed E-state index contributed by atoms with van der Waals surface area (Å²) in [6.45, 7) is 0. The van der Waals surface area contributed by atoms with Gasteiger partial charge in [0.25, 0.3) is 5.89 Å². The molecular weight excluding hydrogens is 375 g/mol. The lowest BCUT2D eigenvalue weighted by Crippen LogP contribution is -1.82. The number of nitrogens with zero attached hydrogens (tertiary/aromatic N) is 2. The van der Waals surface area contributed by atoms with E-state index in [-0.39, 0.29) is 0 Å². The molecule has 2 aromatic heterocycles. The Balaban J connectivity index is 1.82. The van der Waals surface area contributed by atoms with E-state index in [0.717, 1.165) is 15.0 Å². The summed E-state index contributed by atoms with van der Waals surface area (Å²) in [5.74, 6) is 0.771. The van der Waals surface area contributed by atoms with Crippen molar-refractivity contribution < 1.29 is 4.52 Å². The van der Waals surface area contributed by atoms with Crippen molar-refractivity contribution >= 4 is 56.2 Å². The van der Waals surface area contributed by atoms with Crippen molar-refractivity contribution in [3.05, 3.63) is 57.5 Å². The van der Waals surface area contributed by atoms with Gasteiger partial charge in [-0.15, -0.1) is 11.3 Å². The number of aromatic nitrogens is 2. The molecule has 0 saturated heterocycles. The third kappa shape index (κ3) is 2.62. The van der Waals surface area contributed by atoms with Crippen LogP contribution in [0.2, 0.25) is 15.1 Å². The predicted octanol–water partition coefficient (Wildman–Crippen LogP) is 6.58. The lowest BCUT2D eigenvalue weighted by Gasteiger charge is -1.98. The Morgan fingerprint density at radius 2 is 1.83 bits per heavy atom. The van der Waals surface area contributed by atoms with Crippen molar-refractivity contribution in [2.24, 2.45) is 0 Å². The summed E-state index contributed by atoms with van der Waals surface area (Å²) in [5.41, 5.74) is 0.656. The Morgan fingerprint density at radius 1 is 1.00 bits per heavy atom. The first-order chi connectivity index (χ1) is 11.1. The number of hydrogen-bond acceptors (Lipinski definition) is 4. The predicted molar refractivity (Wildman–Crippen MR) is 95.6 cm³/mol. The van der Waals surface area contributed by atoms with Gasteiger partial charge in [-0.1, -0.05) is 58.2 Å². The minimum absolute atomic E-state index is 0.372. The van der Waals surface area contributed by atoms with E-state index in [1.807, 2.05) is 24.3 Å². The van der Waals surface area contributed by atoms with Crippen LogP contribution < -0.4 is 0 Å². The zero-order valence-electron chi connectivity index (χ0n) is 11.4. The van der Waals surface area contributed by atoms with Crippen LogP contribution in [0.5, 0.6) is 0 Å². The molecule has 0 aliphatic rings. The van der Waals surface area contributed by atoms with E-state index in [1.54, 1.807) is 18.2 Å². The molecule has 0 unspecified atom stereocenters. The van der Waals surface area contributed by atoms with Crippen molar-refractivity contribution in [1.29, 1.82) is 0 Å². The van der Waals surface area contributed by atoms with Gasteiger partial charge in [-0.05, 0) is 24.3 Å². The van der Waals surface area contributed by atoms with Gasteiger partial charge < -0.3 is 4.52 Å². The Hall–Kier alpha value is -1.59. The van der Waals surface area contributed by atoms with Crippen LogP contribution in [0, 0.1) is 0 Å². The standard InChI is InChI=1S/C16H7Cl3N2OS/c17-8-5-6-9(11(18)7-8)15-20-16(22-21-15)14-13(19)10-3-1-2-4-12(10)23-14/h1-7H. The number of fused-ring (bicyclic) bond motifs is 1. The van der Waals surface area contributed by atoms with Crippen molar-refractivity contribution in [1.82, 2.24) is 10.1 Å². The van der Waals surface area contributed by atoms with Crippen LogP contribution in [0.25, 0.3) is 32.2 Å². The topological polar surface area (TPSA) is 38.9 Å². The van der Waals surface area contributed by atoms with Gasteiger partial charge in [0.2, 0.25) is 5.82 Å². The first kappa shape index (κ1) is 15.0. The number of halogens is 3. The van der Waals surface area contributed by atoms with E-state index in [1.165, 1.54) is 11.3 Å². The van der Waals surface area contributed by atoms with Crippen molar-refractivity contribution in [2.75, 3.05) is 0 Å². The van der Waals surface area contributed by atoms with E-state index in [4.69, 9.17) is 39.3 Å². The van der Waals surface area contributed by atoms with Gasteiger partial charge in [0.05, 0.1) is 10.0 Å². The molecule has 7 heteroatoms. The smallest absolute Gasteiger partial charge is 0.269 e. The fraction of sp³-hybridized carbons (Fsp3) is 0. The fourth-order valence-electron chi connectivity index (χ4n) is 2.25. The van der Waals surface area contributed by atoms with Crippen LogP contribution in [0.1, 0.15) is 0 Å². The van der Waals surface area contributed by atoms with Crippen molar-refractivity contribution in [3.8, 4) is 22.2 Å². The third-order valence-electron chi connectivity index (χ3n) is 3.33. The SMILES string of the molecule is Clc1ccc(-c2noc(-c3sc4ccccc4c3Cl)n2)c(Cl)c1. The van der Waals surface area contributed by atoms with Crippen LogP contribution in [0.15, 0.2) is 47.0 Å². The molecule has 0 radical (unpaired) electrons. The Labute approximate surface area is 150 Å². The maximum Gasteiger partial charge on any atom is 0.269 e. The second-order valence-corrected chi connectivity index (χ2v) is 7.06. The number of thiophene rings is 1. The maximum absolute atomic E-state index is 6.44. The second-order valence-electron chi connectivity index (χ2n) is 4.79. The van der Waals surface area contributed by atoms with Crippen LogP contribution >= 0.6 is 46.1 Å². The van der Waals surface area contributed by atoms with E-state index in [2.05, 4.69) is 10.1 Å². The molecule has 0 bridgehead atoms. The molecule has 23 heavy (non-hydrogen) atoms. The van der Waals surface area contributed by atoms with Crippen LogP contribution in [0.3, 0.4) is 0 Å². The average Bonchev–Trinajstić information content (AvgIpc) is 3.13. The van der Waals surface area contributed by atoms with Crippen LogP contribution in [0.4, 0.5) is 0 Å². The molecule has 0 saturated carbocycles. The van der Waals surface area contributed by atoms with E-state index in [9.17, 15) is 0 Å². The molecule has 2 heterocycles. The lowest BCUT2D eigenvalue weighted by atomic mass is 10.2. The monoisotopic (exact) mass is 380 g/mol. The molecule has 0 amide bonds. The molecule has 0 spiro atoms. The molecule has 2 aromatic carbocycles. The normalized spacial score (nSPS) is 11.3. The van der Waals surface area contributed by atoms with E-state index in [0.29, 0.717) is 32.3 Å². The molecule has 3 nitrogen and oxygen atoms in total. The third-order valence-corrected chi connectivity index (χ3v) is 5.54. The minimum Gasteiger partial charge on any atom is -0.333 e. The minimum atomic E-state index is 0.372. The number of hydrogen-bond donors (Lipinski definition) is 0. The van der Waals surface area contributed by atoms with Crippen LogP contribution in [-0.2, 0) is 0 Å². The highest BCUT2D eigenvalue weighted by Gasteiger charge is 2.19. The van der Waals surface area contributed by atoms with Gasteiger partial charge in [-0.3, -0.25) is 0 Å². The zero-order valence-corrected chi connectivity index (χ0v) is 14.5. The number of benzene rings is 2. The first-order valence-corrected chi connectivity index (χ1v) is 8.55. The van der Waals surface area contributed by atoms with Gasteiger partial charge >= 0.3 is 0 Å². The molecule has 0 aliphatic heterocycles. The lowest BCUT2D eigenvalue weighted by molar-refractivity contribution is 0.433.